The average Bonchev–Trinajstić information content (AvgIpc) is 2.56. The van der Waals surface area contributed by atoms with Crippen LogP contribution < -0.4 is 5.32 Å². The molecule has 0 aliphatic carbocycles. The van der Waals surface area contributed by atoms with Gasteiger partial charge in [0.1, 0.15) is 0 Å². The second kappa shape index (κ2) is 6.03. The van der Waals surface area contributed by atoms with Crippen LogP contribution in [0.2, 0.25) is 5.02 Å². The van der Waals surface area contributed by atoms with Crippen LogP contribution in [0.5, 0.6) is 0 Å². The van der Waals surface area contributed by atoms with Crippen molar-refractivity contribution in [2.75, 3.05) is 0 Å². The molecule has 5 nitrogen and oxygen atoms in total. The summed E-state index contributed by atoms with van der Waals surface area (Å²) >= 11 is 5.83. The quantitative estimate of drug-likeness (QED) is 0.849. The van der Waals surface area contributed by atoms with Gasteiger partial charge in [-0.1, -0.05) is 41.9 Å². The number of hydrogen-bond acceptors (Lipinski definition) is 4. The van der Waals surface area contributed by atoms with Crippen molar-refractivity contribution in [3.8, 4) is 0 Å². The van der Waals surface area contributed by atoms with Crippen molar-refractivity contribution < 1.29 is 18.0 Å². The Morgan fingerprint density at radius 1 is 0.958 bits per heavy atom. The van der Waals surface area contributed by atoms with Gasteiger partial charge in [0, 0.05) is 11.4 Å². The molecule has 2 aromatic rings. The molecule has 2 amide bonds. The average molecular weight is 364 g/mol. The second-order valence-corrected chi connectivity index (χ2v) is 8.14. The smallest absolute Gasteiger partial charge is 0.252 e. The molecule has 1 aliphatic heterocycles. The Hall–Kier alpha value is -2.18. The highest BCUT2D eigenvalue weighted by atomic mass is 35.5. The minimum Gasteiger partial charge on any atom is -0.295 e. The van der Waals surface area contributed by atoms with Crippen LogP contribution in [-0.4, -0.2) is 20.2 Å². The van der Waals surface area contributed by atoms with E-state index in [0.717, 1.165) is 0 Å². The highest BCUT2D eigenvalue weighted by molar-refractivity contribution is 7.93. The van der Waals surface area contributed by atoms with Crippen molar-refractivity contribution in [2.24, 2.45) is 0 Å². The van der Waals surface area contributed by atoms with Gasteiger partial charge in [-0.2, -0.15) is 0 Å². The first kappa shape index (κ1) is 16.7. The predicted molar refractivity (Wildman–Crippen MR) is 89.1 cm³/mol. The van der Waals surface area contributed by atoms with E-state index in [1.54, 1.807) is 30.3 Å². The standard InChI is InChI=1S/C17H14ClNO4S/c18-13-6-8-14(9-7-13)24(22,23)17(12-4-2-1-3-5-12)11-10-15(20)19-16(17)21/h1-9H,10-11H2,(H,19,20,21). The van der Waals surface area contributed by atoms with Gasteiger partial charge >= 0.3 is 0 Å². The molecule has 1 atom stereocenters. The molecule has 3 rings (SSSR count). The fourth-order valence-corrected chi connectivity index (χ4v) is 5.04. The fourth-order valence-electron chi connectivity index (χ4n) is 2.90. The lowest BCUT2D eigenvalue weighted by molar-refractivity contribution is -0.135. The van der Waals surface area contributed by atoms with Crippen LogP contribution in [-0.2, 0) is 24.2 Å². The van der Waals surface area contributed by atoms with Gasteiger partial charge < -0.3 is 0 Å². The van der Waals surface area contributed by atoms with Gasteiger partial charge in [0.15, 0.2) is 14.6 Å². The number of carbonyl (C=O) groups excluding carboxylic acids is 2. The second-order valence-electron chi connectivity index (χ2n) is 5.53. The highest BCUT2D eigenvalue weighted by Gasteiger charge is 2.55. The molecular weight excluding hydrogens is 350 g/mol. The van der Waals surface area contributed by atoms with Crippen LogP contribution in [0.3, 0.4) is 0 Å². The number of nitrogens with one attached hydrogen (secondary N) is 1. The summed E-state index contributed by atoms with van der Waals surface area (Å²) in [6, 6.07) is 13.9. The molecule has 1 saturated heterocycles. The molecule has 1 unspecified atom stereocenters. The number of piperidine rings is 1. The summed E-state index contributed by atoms with van der Waals surface area (Å²) in [5, 5.41) is 2.57. The summed E-state index contributed by atoms with van der Waals surface area (Å²) in [6.07, 6.45) is -0.153. The topological polar surface area (TPSA) is 80.3 Å². The lowest BCUT2D eigenvalue weighted by Gasteiger charge is -2.35. The van der Waals surface area contributed by atoms with E-state index in [1.807, 2.05) is 0 Å². The molecular formula is C17H14ClNO4S. The van der Waals surface area contributed by atoms with E-state index in [0.29, 0.717) is 10.6 Å². The Balaban J connectivity index is 2.24. The minimum absolute atomic E-state index is 0.0137. The molecule has 124 valence electrons. The molecule has 0 saturated carbocycles. The summed E-state index contributed by atoms with van der Waals surface area (Å²) in [6.45, 7) is 0. The normalized spacial score (nSPS) is 21.4. The summed E-state index contributed by atoms with van der Waals surface area (Å²) in [4.78, 5) is 24.2. The minimum atomic E-state index is -4.09. The van der Waals surface area contributed by atoms with Gasteiger partial charge in [-0.3, -0.25) is 14.9 Å². The van der Waals surface area contributed by atoms with Crippen LogP contribution in [0.1, 0.15) is 18.4 Å². The number of rotatable bonds is 3. The van der Waals surface area contributed by atoms with Crippen LogP contribution in [0.15, 0.2) is 59.5 Å². The Bertz CT molecular complexity index is 894. The van der Waals surface area contributed by atoms with Gasteiger partial charge in [-0.15, -0.1) is 0 Å². The zero-order chi connectivity index (χ0) is 17.4. The van der Waals surface area contributed by atoms with Crippen LogP contribution in [0, 0.1) is 0 Å². The maximum absolute atomic E-state index is 13.3. The zero-order valence-electron chi connectivity index (χ0n) is 12.5. The molecule has 0 bridgehead atoms. The maximum atomic E-state index is 13.3. The van der Waals surface area contributed by atoms with Gasteiger partial charge in [0.25, 0.3) is 5.91 Å². The molecule has 1 N–H and O–H groups in total. The largest absolute Gasteiger partial charge is 0.295 e. The first-order chi connectivity index (χ1) is 11.4. The molecule has 24 heavy (non-hydrogen) atoms. The van der Waals surface area contributed by atoms with E-state index in [4.69, 9.17) is 11.6 Å². The van der Waals surface area contributed by atoms with Gasteiger partial charge in [-0.05, 0) is 36.2 Å². The summed E-state index contributed by atoms with van der Waals surface area (Å²) in [7, 11) is -4.09. The van der Waals surface area contributed by atoms with Crippen molar-refractivity contribution >= 4 is 33.3 Å². The number of carbonyl (C=O) groups is 2. The monoisotopic (exact) mass is 363 g/mol. The first-order valence-corrected chi connectivity index (χ1v) is 9.14. The summed E-state index contributed by atoms with van der Waals surface area (Å²) in [5.41, 5.74) is 0.338. The number of imide groups is 1. The van der Waals surface area contributed by atoms with Crippen LogP contribution in [0.25, 0.3) is 0 Å². The third kappa shape index (κ3) is 2.52. The third-order valence-corrected chi connectivity index (χ3v) is 6.83. The molecule has 2 aromatic carbocycles. The van der Waals surface area contributed by atoms with E-state index in [2.05, 4.69) is 5.32 Å². The van der Waals surface area contributed by atoms with Crippen molar-refractivity contribution in [3.05, 3.63) is 65.2 Å². The van der Waals surface area contributed by atoms with E-state index in [-0.39, 0.29) is 17.7 Å². The number of halogens is 1. The molecule has 7 heteroatoms. The van der Waals surface area contributed by atoms with Crippen molar-refractivity contribution in [1.82, 2.24) is 5.32 Å². The zero-order valence-corrected chi connectivity index (χ0v) is 14.1. The Morgan fingerprint density at radius 2 is 1.58 bits per heavy atom. The Kier molecular flexibility index (Phi) is 4.19. The number of amides is 2. The van der Waals surface area contributed by atoms with Crippen molar-refractivity contribution in [1.29, 1.82) is 0 Å². The number of benzene rings is 2. The number of sulfone groups is 1. The van der Waals surface area contributed by atoms with E-state index in [1.165, 1.54) is 24.3 Å². The predicted octanol–water partition coefficient (Wildman–Crippen LogP) is 2.45. The van der Waals surface area contributed by atoms with E-state index < -0.39 is 26.4 Å². The van der Waals surface area contributed by atoms with Gasteiger partial charge in [-0.25, -0.2) is 8.42 Å². The van der Waals surface area contributed by atoms with E-state index in [9.17, 15) is 18.0 Å². The molecule has 0 spiro atoms. The summed E-state index contributed by atoms with van der Waals surface area (Å²) < 4.78 is 24.8. The molecule has 0 radical (unpaired) electrons. The molecule has 1 heterocycles. The Labute approximate surface area is 144 Å². The molecule has 1 aliphatic rings. The van der Waals surface area contributed by atoms with Gasteiger partial charge in [0.05, 0.1) is 4.90 Å². The van der Waals surface area contributed by atoms with Gasteiger partial charge in [0.2, 0.25) is 5.91 Å². The first-order valence-electron chi connectivity index (χ1n) is 7.28. The third-order valence-electron chi connectivity index (χ3n) is 4.15. The van der Waals surface area contributed by atoms with E-state index >= 15 is 0 Å². The molecule has 0 aromatic heterocycles. The maximum Gasteiger partial charge on any atom is 0.252 e. The van der Waals surface area contributed by atoms with Crippen LogP contribution in [0.4, 0.5) is 0 Å². The van der Waals surface area contributed by atoms with Crippen LogP contribution >= 0.6 is 11.6 Å². The SMILES string of the molecule is O=C1CCC(c2ccccc2)(S(=O)(=O)c2ccc(Cl)cc2)C(=O)N1. The Morgan fingerprint density at radius 3 is 2.17 bits per heavy atom. The number of hydrogen-bond donors (Lipinski definition) is 1. The highest BCUT2D eigenvalue weighted by Crippen LogP contribution is 2.41. The lowest BCUT2D eigenvalue weighted by atomic mass is 9.89. The van der Waals surface area contributed by atoms with Crippen molar-refractivity contribution in [2.45, 2.75) is 22.5 Å². The lowest BCUT2D eigenvalue weighted by Crippen LogP contribution is -2.55. The fraction of sp³-hybridized carbons (Fsp3) is 0.176. The molecule has 1 fully saturated rings. The van der Waals surface area contributed by atoms with Crippen molar-refractivity contribution in [3.63, 3.8) is 0 Å². The summed E-state index contributed by atoms with van der Waals surface area (Å²) in [5.74, 6) is -1.29.